The van der Waals surface area contributed by atoms with Crippen LogP contribution >= 0.6 is 46.4 Å². The molecule has 61 heavy (non-hydrogen) atoms. The van der Waals surface area contributed by atoms with Gasteiger partial charge in [-0.05, 0) is 104 Å². The van der Waals surface area contributed by atoms with E-state index in [-0.39, 0.29) is 42.0 Å². The molecule has 4 aromatic carbocycles. The van der Waals surface area contributed by atoms with Gasteiger partial charge in [0.2, 0.25) is 0 Å². The van der Waals surface area contributed by atoms with Gasteiger partial charge in [0.1, 0.15) is 17.1 Å². The van der Waals surface area contributed by atoms with Crippen LogP contribution in [0.15, 0.2) is 109 Å². The third-order valence-electron chi connectivity index (χ3n) is 12.0. The largest absolute Gasteiger partial charge is 0.497 e. The number of allylic oxidation sites excluding steroid dienone is 2. The van der Waals surface area contributed by atoms with Crippen molar-refractivity contribution in [1.29, 1.82) is 0 Å². The van der Waals surface area contributed by atoms with E-state index in [1.807, 2.05) is 66.7 Å². The number of halogens is 4. The number of imide groups is 1. The van der Waals surface area contributed by atoms with Gasteiger partial charge < -0.3 is 29.7 Å². The molecule has 0 aromatic heterocycles. The molecule has 2 aliphatic heterocycles. The number of carbonyl (C=O) groups is 3. The Balaban J connectivity index is 0.000000189. The van der Waals surface area contributed by atoms with Crippen LogP contribution < -0.4 is 14.8 Å². The monoisotopic (exact) mass is 906 g/mol. The smallest absolute Gasteiger partial charge is 0.417 e. The first kappa shape index (κ1) is 44.5. The molecule has 8 atom stereocenters. The second-order valence-corrected chi connectivity index (χ2v) is 18.4. The SMILES string of the molecule is COc1ccc([C@@H]2C=C[C@@]3(O)C(=O)N(C(=O)OC(C)(C)C)C[C@H]3[C@H]2c2ccc(Cl)cc2)c(Cl)c1.COc1ccc([C@@H]2C=C[C@@]3(O)C(=O)NC[C@H]3[C@H]2c2ccc(Cl)cc2)c(Cl)c1. The van der Waals surface area contributed by atoms with Crippen LogP contribution in [0.2, 0.25) is 20.1 Å². The number of fused-ring (bicyclic) bond motifs is 2. The van der Waals surface area contributed by atoms with Crippen molar-refractivity contribution in [2.24, 2.45) is 11.8 Å². The van der Waals surface area contributed by atoms with E-state index in [1.165, 1.54) is 6.08 Å². The Morgan fingerprint density at radius 1 is 0.705 bits per heavy atom. The molecule has 2 saturated heterocycles. The Morgan fingerprint density at radius 3 is 1.61 bits per heavy atom. The Hall–Kier alpha value is -4.55. The summed E-state index contributed by atoms with van der Waals surface area (Å²) in [7, 11) is 3.16. The average Bonchev–Trinajstić information content (AvgIpc) is 3.68. The second-order valence-electron chi connectivity index (χ2n) is 16.7. The van der Waals surface area contributed by atoms with Gasteiger partial charge in [-0.1, -0.05) is 95.0 Å². The summed E-state index contributed by atoms with van der Waals surface area (Å²) < 4.78 is 16.0. The fraction of sp³-hybridized carbons (Fsp3) is 0.340. The lowest BCUT2D eigenvalue weighted by Crippen LogP contribution is -2.47. The van der Waals surface area contributed by atoms with Gasteiger partial charge in [-0.25, -0.2) is 9.69 Å². The summed E-state index contributed by atoms with van der Waals surface area (Å²) in [5, 5.41) is 27.6. The van der Waals surface area contributed by atoms with Crippen molar-refractivity contribution in [3.8, 4) is 11.5 Å². The minimum absolute atomic E-state index is 0.00610. The number of benzene rings is 4. The normalized spacial score (nSPS) is 27.7. The molecule has 8 rings (SSSR count). The molecule has 10 nitrogen and oxygen atoms in total. The first-order chi connectivity index (χ1) is 28.9. The maximum absolute atomic E-state index is 13.3. The zero-order chi connectivity index (χ0) is 44.0. The number of hydrogen-bond acceptors (Lipinski definition) is 8. The Kier molecular flexibility index (Phi) is 12.6. The van der Waals surface area contributed by atoms with Gasteiger partial charge in [0.15, 0.2) is 11.2 Å². The quantitative estimate of drug-likeness (QED) is 0.163. The molecule has 2 fully saturated rings. The van der Waals surface area contributed by atoms with Crippen LogP contribution in [0.25, 0.3) is 0 Å². The van der Waals surface area contributed by atoms with Gasteiger partial charge in [-0.2, -0.15) is 0 Å². The summed E-state index contributed by atoms with van der Waals surface area (Å²) in [6.07, 6.45) is 6.00. The lowest BCUT2D eigenvalue weighted by Gasteiger charge is -2.40. The minimum Gasteiger partial charge on any atom is -0.497 e. The first-order valence-electron chi connectivity index (χ1n) is 19.7. The van der Waals surface area contributed by atoms with E-state index < -0.39 is 34.7 Å². The summed E-state index contributed by atoms with van der Waals surface area (Å²) >= 11 is 25.4. The zero-order valence-corrected chi connectivity index (χ0v) is 37.1. The number of ether oxygens (including phenoxy) is 3. The third kappa shape index (κ3) is 8.63. The van der Waals surface area contributed by atoms with Crippen LogP contribution in [-0.4, -0.2) is 77.1 Å². The third-order valence-corrected chi connectivity index (χ3v) is 13.1. The van der Waals surface area contributed by atoms with Crippen molar-refractivity contribution in [3.05, 3.63) is 152 Å². The molecule has 2 heterocycles. The molecule has 3 N–H and O–H groups in total. The Morgan fingerprint density at radius 2 is 1.16 bits per heavy atom. The Bertz CT molecular complexity index is 2380. The predicted molar refractivity (Wildman–Crippen MR) is 236 cm³/mol. The fourth-order valence-corrected chi connectivity index (χ4v) is 9.86. The van der Waals surface area contributed by atoms with Crippen LogP contribution in [-0.2, 0) is 14.3 Å². The molecule has 2 aliphatic carbocycles. The molecule has 4 aliphatic rings. The van der Waals surface area contributed by atoms with E-state index in [2.05, 4.69) is 5.32 Å². The minimum atomic E-state index is -1.85. The summed E-state index contributed by atoms with van der Waals surface area (Å²) in [6, 6.07) is 25.8. The van der Waals surface area contributed by atoms with Crippen molar-refractivity contribution < 1.29 is 38.8 Å². The molecule has 4 aromatic rings. The number of amides is 3. The highest BCUT2D eigenvalue weighted by molar-refractivity contribution is 6.32. The van der Waals surface area contributed by atoms with Gasteiger partial charge in [-0.15, -0.1) is 0 Å². The molecule has 0 radical (unpaired) electrons. The standard InChI is InChI=1S/C26H27Cl2NO5.C21H19Cl2NO3/c1-25(2,3)34-24(31)29-14-20-22(15-5-7-16(27)8-6-15)19(11-12-26(20,32)23(29)30)18-10-9-17(33-4)13-21(18)28;1-27-14-6-7-15(18(23)10-14)16-8-9-21(26)17(11-24-20(21)25)19(16)12-2-4-13(22)5-3-12/h5-13,19-20,22,32H,14H2,1-4H3;2-10,16-17,19,26H,11H2,1H3,(H,24,25)/t19-,20-,22-,26-;16-,17-,19-,21-/m00/s1. The molecule has 14 heteroatoms. The summed E-state index contributed by atoms with van der Waals surface area (Å²) in [5.41, 5.74) is -0.526. The van der Waals surface area contributed by atoms with E-state index >= 15 is 0 Å². The van der Waals surface area contributed by atoms with E-state index in [4.69, 9.17) is 60.6 Å². The number of nitrogens with one attached hydrogen (secondary N) is 1. The van der Waals surface area contributed by atoms with E-state index in [1.54, 1.807) is 71.4 Å². The van der Waals surface area contributed by atoms with Crippen molar-refractivity contribution >= 4 is 64.3 Å². The van der Waals surface area contributed by atoms with Gasteiger partial charge in [-0.3, -0.25) is 9.59 Å². The average molecular weight is 909 g/mol. The van der Waals surface area contributed by atoms with Crippen molar-refractivity contribution in [1.82, 2.24) is 10.2 Å². The number of hydrogen-bond donors (Lipinski definition) is 3. The number of methoxy groups -OCH3 is 2. The van der Waals surface area contributed by atoms with Crippen LogP contribution in [0, 0.1) is 11.8 Å². The van der Waals surface area contributed by atoms with Crippen molar-refractivity contribution in [2.45, 2.75) is 61.2 Å². The number of rotatable bonds is 6. The maximum atomic E-state index is 13.3. The lowest BCUT2D eigenvalue weighted by atomic mass is 9.65. The molecule has 0 bridgehead atoms. The lowest BCUT2D eigenvalue weighted by molar-refractivity contribution is -0.140. The maximum Gasteiger partial charge on any atom is 0.417 e. The predicted octanol–water partition coefficient (Wildman–Crippen LogP) is 9.48. The van der Waals surface area contributed by atoms with E-state index in [9.17, 15) is 24.6 Å². The molecule has 3 amide bonds. The first-order valence-corrected chi connectivity index (χ1v) is 21.2. The molecule has 0 saturated carbocycles. The summed E-state index contributed by atoms with van der Waals surface area (Å²) in [6.45, 7) is 5.59. The van der Waals surface area contributed by atoms with Crippen molar-refractivity contribution in [3.63, 3.8) is 0 Å². The van der Waals surface area contributed by atoms with Crippen LogP contribution in [0.5, 0.6) is 11.5 Å². The highest BCUT2D eigenvalue weighted by Gasteiger charge is 2.60. The van der Waals surface area contributed by atoms with Gasteiger partial charge in [0.05, 0.1) is 14.2 Å². The van der Waals surface area contributed by atoms with Gasteiger partial charge >= 0.3 is 6.09 Å². The topological polar surface area (TPSA) is 135 Å². The molecular weight excluding hydrogens is 862 g/mol. The van der Waals surface area contributed by atoms with E-state index in [0.717, 1.165) is 27.2 Å². The van der Waals surface area contributed by atoms with E-state index in [0.29, 0.717) is 38.1 Å². The fourth-order valence-electron chi connectivity index (χ4n) is 9.01. The zero-order valence-electron chi connectivity index (χ0n) is 34.1. The highest BCUT2D eigenvalue weighted by Crippen LogP contribution is 2.54. The second kappa shape index (κ2) is 17.3. The summed E-state index contributed by atoms with van der Waals surface area (Å²) in [5.74, 6) is -1.54. The van der Waals surface area contributed by atoms with Crippen LogP contribution in [0.1, 0.15) is 66.7 Å². The Labute approximate surface area is 375 Å². The molecule has 0 unspecified atom stereocenters. The number of nitrogens with zero attached hydrogens (tertiary/aromatic N) is 1. The molecule has 0 spiro atoms. The summed E-state index contributed by atoms with van der Waals surface area (Å²) in [4.78, 5) is 39.4. The number of aliphatic hydroxyl groups is 2. The van der Waals surface area contributed by atoms with Crippen LogP contribution in [0.3, 0.4) is 0 Å². The number of likely N-dealkylation sites (tertiary alicyclic amines) is 1. The van der Waals surface area contributed by atoms with Gasteiger partial charge in [0, 0.05) is 68.7 Å². The van der Waals surface area contributed by atoms with Crippen molar-refractivity contribution in [2.75, 3.05) is 27.3 Å². The van der Waals surface area contributed by atoms with Crippen LogP contribution in [0.4, 0.5) is 4.79 Å². The molecular formula is C47H46Cl4N2O8. The van der Waals surface area contributed by atoms with Gasteiger partial charge in [0.25, 0.3) is 11.8 Å². The number of carbonyl (C=O) groups excluding carboxylic acids is 3. The highest BCUT2D eigenvalue weighted by atomic mass is 35.5. The molecule has 320 valence electrons.